The summed E-state index contributed by atoms with van der Waals surface area (Å²) in [6.07, 6.45) is 3.42. The first-order chi connectivity index (χ1) is 9.15. The fourth-order valence-corrected chi connectivity index (χ4v) is 4.07. The zero-order valence-corrected chi connectivity index (χ0v) is 12.7. The zero-order chi connectivity index (χ0) is 13.4. The number of hydrogen-bond donors (Lipinski definition) is 1. The highest BCUT2D eigenvalue weighted by Gasteiger charge is 2.25. The van der Waals surface area contributed by atoms with Gasteiger partial charge in [0.15, 0.2) is 5.82 Å². The molecule has 0 fully saturated rings. The summed E-state index contributed by atoms with van der Waals surface area (Å²) in [4.78, 5) is 5.88. The maximum absolute atomic E-state index is 6.10. The van der Waals surface area contributed by atoms with Gasteiger partial charge in [0, 0.05) is 4.88 Å². The first kappa shape index (κ1) is 13.0. The molecule has 0 saturated heterocycles. The number of rotatable bonds is 4. The highest BCUT2D eigenvalue weighted by molar-refractivity contribution is 7.99. The van der Waals surface area contributed by atoms with Crippen molar-refractivity contribution >= 4 is 28.1 Å². The normalized spacial score (nSPS) is 14.3. The molecule has 4 nitrogen and oxygen atoms in total. The summed E-state index contributed by atoms with van der Waals surface area (Å²) in [6.45, 7) is 4.32. The van der Waals surface area contributed by atoms with Crippen LogP contribution in [0, 0.1) is 0 Å². The Morgan fingerprint density at radius 1 is 1.42 bits per heavy atom. The molecule has 0 amide bonds. The minimum absolute atomic E-state index is 0.567. The lowest BCUT2D eigenvalue weighted by Gasteiger charge is -1.99. The van der Waals surface area contributed by atoms with Gasteiger partial charge in [0.25, 0.3) is 5.89 Å². The van der Waals surface area contributed by atoms with Crippen molar-refractivity contribution in [3.63, 3.8) is 0 Å². The van der Waals surface area contributed by atoms with Gasteiger partial charge in [-0.05, 0) is 30.1 Å². The standard InChI is InChI=1S/C13H17N3OS2/c1-7(2)18-6-10-15-13(17-16-10)11-8-4-3-5-9(8)19-12(11)14/h7H,3-6,14H2,1-2H3. The first-order valence-electron chi connectivity index (χ1n) is 6.49. The van der Waals surface area contributed by atoms with E-state index in [-0.39, 0.29) is 0 Å². The van der Waals surface area contributed by atoms with Crippen molar-refractivity contribution in [1.82, 2.24) is 10.1 Å². The number of thiophene rings is 1. The minimum Gasteiger partial charge on any atom is -0.390 e. The molecule has 0 atom stereocenters. The van der Waals surface area contributed by atoms with Crippen LogP contribution in [0.25, 0.3) is 11.5 Å². The molecule has 2 heterocycles. The van der Waals surface area contributed by atoms with Gasteiger partial charge in [-0.25, -0.2) is 0 Å². The Bertz CT molecular complexity index is 589. The van der Waals surface area contributed by atoms with Gasteiger partial charge < -0.3 is 10.3 Å². The van der Waals surface area contributed by atoms with Gasteiger partial charge in [0.2, 0.25) is 0 Å². The number of hydrogen-bond acceptors (Lipinski definition) is 6. The van der Waals surface area contributed by atoms with Gasteiger partial charge in [-0.2, -0.15) is 16.7 Å². The Labute approximate surface area is 120 Å². The number of thioether (sulfide) groups is 1. The second-order valence-corrected chi connectivity index (χ2v) is 7.67. The molecule has 0 aliphatic heterocycles. The Morgan fingerprint density at radius 3 is 3.05 bits per heavy atom. The predicted molar refractivity (Wildman–Crippen MR) is 80.5 cm³/mol. The molecule has 19 heavy (non-hydrogen) atoms. The maximum Gasteiger partial charge on any atom is 0.261 e. The van der Waals surface area contributed by atoms with Gasteiger partial charge >= 0.3 is 0 Å². The molecule has 0 radical (unpaired) electrons. The van der Waals surface area contributed by atoms with E-state index in [0.717, 1.165) is 35.0 Å². The Balaban J connectivity index is 1.87. The van der Waals surface area contributed by atoms with E-state index < -0.39 is 0 Å². The predicted octanol–water partition coefficient (Wildman–Crippen LogP) is 3.51. The van der Waals surface area contributed by atoms with Gasteiger partial charge in [-0.1, -0.05) is 19.0 Å². The summed E-state index contributed by atoms with van der Waals surface area (Å²) in [5.74, 6) is 2.13. The molecule has 2 aromatic heterocycles. The van der Waals surface area contributed by atoms with Crippen LogP contribution >= 0.6 is 23.1 Å². The topological polar surface area (TPSA) is 64.9 Å². The number of nitrogens with two attached hydrogens (primary N) is 1. The minimum atomic E-state index is 0.567. The molecule has 0 bridgehead atoms. The molecule has 0 unspecified atom stereocenters. The van der Waals surface area contributed by atoms with Crippen molar-refractivity contribution in [2.45, 2.75) is 44.1 Å². The van der Waals surface area contributed by atoms with Crippen LogP contribution in [0.4, 0.5) is 5.00 Å². The summed E-state index contributed by atoms with van der Waals surface area (Å²) in [5.41, 5.74) is 8.42. The van der Waals surface area contributed by atoms with Crippen LogP contribution in [0.1, 0.15) is 36.5 Å². The first-order valence-corrected chi connectivity index (χ1v) is 8.36. The van der Waals surface area contributed by atoms with Gasteiger partial charge in [0.05, 0.1) is 16.3 Å². The molecule has 0 aromatic carbocycles. The van der Waals surface area contributed by atoms with Crippen molar-refractivity contribution in [3.05, 3.63) is 16.3 Å². The number of nitrogens with zero attached hydrogens (tertiary/aromatic N) is 2. The second-order valence-electron chi connectivity index (χ2n) is 4.97. The van der Waals surface area contributed by atoms with Crippen LogP contribution in [-0.4, -0.2) is 15.4 Å². The van der Waals surface area contributed by atoms with Gasteiger partial charge in [-0.15, -0.1) is 11.3 Å². The van der Waals surface area contributed by atoms with Crippen molar-refractivity contribution in [1.29, 1.82) is 0 Å². The Kier molecular flexibility index (Phi) is 3.54. The second kappa shape index (κ2) is 5.17. The lowest BCUT2D eigenvalue weighted by atomic mass is 10.1. The lowest BCUT2D eigenvalue weighted by molar-refractivity contribution is 0.425. The monoisotopic (exact) mass is 295 g/mol. The summed E-state index contributed by atoms with van der Waals surface area (Å²) in [5, 5.41) is 5.44. The van der Waals surface area contributed by atoms with Gasteiger partial charge in [0.1, 0.15) is 0 Å². The lowest BCUT2D eigenvalue weighted by Crippen LogP contribution is -1.91. The Hall–Kier alpha value is -1.01. The van der Waals surface area contributed by atoms with E-state index in [0.29, 0.717) is 11.1 Å². The third-order valence-electron chi connectivity index (χ3n) is 3.18. The zero-order valence-electron chi connectivity index (χ0n) is 11.1. The number of nitrogen functional groups attached to an aromatic ring is 1. The number of anilines is 1. The quantitative estimate of drug-likeness (QED) is 0.935. The van der Waals surface area contributed by atoms with E-state index in [1.54, 1.807) is 11.3 Å². The molecule has 6 heteroatoms. The molecule has 0 saturated carbocycles. The van der Waals surface area contributed by atoms with Crippen molar-refractivity contribution < 1.29 is 4.52 Å². The van der Waals surface area contributed by atoms with Crippen LogP contribution in [-0.2, 0) is 18.6 Å². The highest BCUT2D eigenvalue weighted by atomic mass is 32.2. The molecule has 1 aliphatic carbocycles. The molecule has 2 aromatic rings. The van der Waals surface area contributed by atoms with E-state index in [2.05, 4.69) is 24.0 Å². The van der Waals surface area contributed by atoms with Crippen LogP contribution in [0.2, 0.25) is 0 Å². The average molecular weight is 295 g/mol. The number of aromatic nitrogens is 2. The van der Waals surface area contributed by atoms with Crippen molar-refractivity contribution in [2.24, 2.45) is 0 Å². The summed E-state index contributed by atoms with van der Waals surface area (Å²) in [6, 6.07) is 0. The van der Waals surface area contributed by atoms with E-state index in [9.17, 15) is 0 Å². The molecule has 1 aliphatic rings. The van der Waals surface area contributed by atoms with Crippen LogP contribution in [0.5, 0.6) is 0 Å². The highest BCUT2D eigenvalue weighted by Crippen LogP contribution is 2.42. The van der Waals surface area contributed by atoms with E-state index in [4.69, 9.17) is 10.3 Å². The third kappa shape index (κ3) is 2.51. The van der Waals surface area contributed by atoms with Crippen LogP contribution in [0.3, 0.4) is 0 Å². The third-order valence-corrected chi connectivity index (χ3v) is 5.39. The molecular weight excluding hydrogens is 278 g/mol. The molecular formula is C13H17N3OS2. The molecule has 102 valence electrons. The summed E-state index contributed by atoms with van der Waals surface area (Å²) in [7, 11) is 0. The largest absolute Gasteiger partial charge is 0.390 e. The molecule has 3 rings (SSSR count). The maximum atomic E-state index is 6.10. The van der Waals surface area contributed by atoms with Crippen LogP contribution < -0.4 is 5.73 Å². The fourth-order valence-electron chi connectivity index (χ4n) is 2.32. The van der Waals surface area contributed by atoms with E-state index >= 15 is 0 Å². The van der Waals surface area contributed by atoms with E-state index in [1.807, 2.05) is 11.8 Å². The van der Waals surface area contributed by atoms with Crippen LogP contribution in [0.15, 0.2) is 4.52 Å². The van der Waals surface area contributed by atoms with Gasteiger partial charge in [-0.3, -0.25) is 0 Å². The van der Waals surface area contributed by atoms with Crippen molar-refractivity contribution in [2.75, 3.05) is 5.73 Å². The summed E-state index contributed by atoms with van der Waals surface area (Å²) < 4.78 is 5.40. The summed E-state index contributed by atoms with van der Waals surface area (Å²) >= 11 is 3.48. The van der Waals surface area contributed by atoms with E-state index in [1.165, 1.54) is 16.9 Å². The molecule has 2 N–H and O–H groups in total. The molecule has 0 spiro atoms. The number of aryl methyl sites for hydroxylation is 1. The average Bonchev–Trinajstić information content (AvgIpc) is 3.01. The Morgan fingerprint density at radius 2 is 2.26 bits per heavy atom. The smallest absolute Gasteiger partial charge is 0.261 e. The SMILES string of the molecule is CC(C)SCc1noc(-c2c(N)sc3c2CCC3)n1. The number of fused-ring (bicyclic) bond motifs is 1. The van der Waals surface area contributed by atoms with Crippen molar-refractivity contribution in [3.8, 4) is 11.5 Å². The fraction of sp³-hybridized carbons (Fsp3) is 0.538.